The molecule has 0 bridgehead atoms. The number of H-pyrrole nitrogens is 1. The first-order valence-electron chi connectivity index (χ1n) is 13.1. The zero-order chi connectivity index (χ0) is 25.2. The zero-order valence-electron chi connectivity index (χ0n) is 21.7. The molecule has 7 nitrogen and oxygen atoms in total. The Kier molecular flexibility index (Phi) is 7.01. The van der Waals surface area contributed by atoms with Crippen LogP contribution in [0, 0.1) is 19.8 Å². The van der Waals surface area contributed by atoms with Gasteiger partial charge in [-0.2, -0.15) is 0 Å². The van der Waals surface area contributed by atoms with Crippen molar-refractivity contribution in [3.8, 4) is 0 Å². The van der Waals surface area contributed by atoms with Gasteiger partial charge in [0.25, 0.3) is 5.56 Å². The van der Waals surface area contributed by atoms with E-state index in [2.05, 4.69) is 100 Å². The number of aromatic amines is 1. The summed E-state index contributed by atoms with van der Waals surface area (Å²) in [5, 5.41) is 14.2. The second-order valence-corrected chi connectivity index (χ2v) is 10.6. The van der Waals surface area contributed by atoms with Crippen molar-refractivity contribution in [3.05, 3.63) is 87.0 Å². The van der Waals surface area contributed by atoms with Crippen LogP contribution in [0.1, 0.15) is 79.7 Å². The van der Waals surface area contributed by atoms with E-state index in [0.29, 0.717) is 19.1 Å². The summed E-state index contributed by atoms with van der Waals surface area (Å²) in [6, 6.07) is 17.0. The number of aryl methyl sites for hydroxylation is 2. The Labute approximate surface area is 212 Å². The van der Waals surface area contributed by atoms with E-state index in [1.165, 1.54) is 29.5 Å². The third-order valence-electron chi connectivity index (χ3n) is 7.62. The molecule has 2 heterocycles. The van der Waals surface area contributed by atoms with Crippen LogP contribution in [-0.2, 0) is 13.1 Å². The number of nitrogens with one attached hydrogen (secondary N) is 1. The Balaban J connectivity index is 1.57. The first-order chi connectivity index (χ1) is 17.4. The van der Waals surface area contributed by atoms with Crippen LogP contribution in [0.3, 0.4) is 0 Å². The van der Waals surface area contributed by atoms with E-state index in [1.807, 2.05) is 6.07 Å². The molecule has 4 aromatic rings. The number of rotatable bonds is 8. The largest absolute Gasteiger partial charge is 0.322 e. The van der Waals surface area contributed by atoms with Gasteiger partial charge in [0.15, 0.2) is 5.82 Å². The molecule has 1 N–H and O–H groups in total. The summed E-state index contributed by atoms with van der Waals surface area (Å²) in [5.41, 5.74) is 5.19. The van der Waals surface area contributed by atoms with Gasteiger partial charge in [-0.15, -0.1) is 5.10 Å². The summed E-state index contributed by atoms with van der Waals surface area (Å²) in [5.74, 6) is 1.15. The molecule has 1 aliphatic rings. The second kappa shape index (κ2) is 10.3. The van der Waals surface area contributed by atoms with Crippen LogP contribution in [-0.4, -0.2) is 30.1 Å². The van der Waals surface area contributed by atoms with Gasteiger partial charge in [-0.05, 0) is 83.3 Å². The van der Waals surface area contributed by atoms with E-state index in [-0.39, 0.29) is 17.5 Å². The van der Waals surface area contributed by atoms with Crippen molar-refractivity contribution in [2.24, 2.45) is 5.92 Å². The van der Waals surface area contributed by atoms with Crippen LogP contribution >= 0.6 is 0 Å². The average molecular weight is 485 g/mol. The normalized spacial score (nSPS) is 15.4. The number of hydrogen-bond acceptors (Lipinski definition) is 5. The number of fused-ring (bicyclic) bond motifs is 1. The van der Waals surface area contributed by atoms with Crippen molar-refractivity contribution in [2.75, 3.05) is 0 Å². The molecule has 5 rings (SSSR count). The van der Waals surface area contributed by atoms with Gasteiger partial charge in [0.1, 0.15) is 0 Å². The maximum Gasteiger partial charge on any atom is 0.252 e. The van der Waals surface area contributed by atoms with E-state index < -0.39 is 0 Å². The molecular formula is C29H36N6O. The summed E-state index contributed by atoms with van der Waals surface area (Å²) < 4.78 is 2.06. The molecule has 0 radical (unpaired) electrons. The molecule has 0 aliphatic heterocycles. The molecule has 7 heteroatoms. The lowest BCUT2D eigenvalue weighted by atomic mass is 9.98. The summed E-state index contributed by atoms with van der Waals surface area (Å²) in [6.07, 6.45) is 4.67. The number of benzene rings is 2. The Bertz CT molecular complexity index is 1380. The maximum atomic E-state index is 13.2. The number of hydrogen-bond donors (Lipinski definition) is 1. The van der Waals surface area contributed by atoms with Crippen molar-refractivity contribution in [1.29, 1.82) is 0 Å². The molecule has 188 valence electrons. The van der Waals surface area contributed by atoms with Crippen LogP contribution in [0.25, 0.3) is 10.9 Å². The highest BCUT2D eigenvalue weighted by molar-refractivity contribution is 5.80. The Hall–Kier alpha value is -3.32. The third-order valence-corrected chi connectivity index (χ3v) is 7.62. The SMILES string of the molecule is Cc1cc2cc(CN(Cc3ccccc3)[C@H](c3nnnn3C3CCCC3)C(C)C)c(=O)[nH]c2cc1C. The van der Waals surface area contributed by atoms with Gasteiger partial charge in [0, 0.05) is 24.2 Å². The molecule has 0 saturated heterocycles. The number of nitrogens with zero attached hydrogens (tertiary/aromatic N) is 5. The minimum absolute atomic E-state index is 0.0318. The molecule has 0 unspecified atom stereocenters. The average Bonchev–Trinajstić information content (AvgIpc) is 3.54. The smallest absolute Gasteiger partial charge is 0.252 e. The Morgan fingerprint density at radius 2 is 1.75 bits per heavy atom. The standard InChI is InChI=1S/C29H36N6O/c1-19(2)27(28-31-32-33-35(28)25-12-8-9-13-25)34(17-22-10-6-5-7-11-22)18-24-16-23-14-20(3)21(4)15-26(23)30-29(24)36/h5-7,10-11,14-16,19,25,27H,8-9,12-13,17-18H2,1-4H3,(H,30,36)/t27-/m0/s1. The van der Waals surface area contributed by atoms with Crippen molar-refractivity contribution >= 4 is 10.9 Å². The molecule has 1 aliphatic carbocycles. The van der Waals surface area contributed by atoms with Crippen LogP contribution in [0.5, 0.6) is 0 Å². The fourth-order valence-corrected chi connectivity index (χ4v) is 5.62. The van der Waals surface area contributed by atoms with Crippen molar-refractivity contribution < 1.29 is 0 Å². The molecule has 1 fully saturated rings. The maximum absolute atomic E-state index is 13.2. The van der Waals surface area contributed by atoms with Gasteiger partial charge in [-0.25, -0.2) is 4.68 Å². The van der Waals surface area contributed by atoms with Gasteiger partial charge in [-0.3, -0.25) is 9.69 Å². The first kappa shape index (κ1) is 24.4. The lowest BCUT2D eigenvalue weighted by molar-refractivity contribution is 0.123. The molecular weight excluding hydrogens is 448 g/mol. The van der Waals surface area contributed by atoms with Crippen molar-refractivity contribution in [2.45, 2.75) is 78.6 Å². The quantitative estimate of drug-likeness (QED) is 0.350. The van der Waals surface area contributed by atoms with E-state index >= 15 is 0 Å². The highest BCUT2D eigenvalue weighted by atomic mass is 16.1. The molecule has 1 saturated carbocycles. The van der Waals surface area contributed by atoms with Gasteiger partial charge in [0.2, 0.25) is 0 Å². The predicted molar refractivity (Wildman–Crippen MR) is 143 cm³/mol. The van der Waals surface area contributed by atoms with Gasteiger partial charge < -0.3 is 4.98 Å². The second-order valence-electron chi connectivity index (χ2n) is 10.6. The molecule has 0 spiro atoms. The minimum atomic E-state index is -0.0401. The van der Waals surface area contributed by atoms with Crippen LogP contribution in [0.4, 0.5) is 0 Å². The van der Waals surface area contributed by atoms with Crippen LogP contribution in [0.2, 0.25) is 0 Å². The van der Waals surface area contributed by atoms with Gasteiger partial charge in [-0.1, -0.05) is 57.0 Å². The van der Waals surface area contributed by atoms with Crippen LogP contribution in [0.15, 0.2) is 53.3 Å². The monoisotopic (exact) mass is 484 g/mol. The third kappa shape index (κ3) is 4.98. The van der Waals surface area contributed by atoms with E-state index in [4.69, 9.17) is 0 Å². The topological polar surface area (TPSA) is 79.7 Å². The van der Waals surface area contributed by atoms with E-state index in [1.54, 1.807) is 0 Å². The fourth-order valence-electron chi connectivity index (χ4n) is 5.62. The lowest BCUT2D eigenvalue weighted by Crippen LogP contribution is -2.35. The Morgan fingerprint density at radius 1 is 1.03 bits per heavy atom. The van der Waals surface area contributed by atoms with Crippen molar-refractivity contribution in [3.63, 3.8) is 0 Å². The van der Waals surface area contributed by atoms with Gasteiger partial charge in [0.05, 0.1) is 12.1 Å². The summed E-state index contributed by atoms with van der Waals surface area (Å²) in [6.45, 7) is 9.82. The lowest BCUT2D eigenvalue weighted by Gasteiger charge is -2.34. The number of tetrazole rings is 1. The van der Waals surface area contributed by atoms with E-state index in [0.717, 1.165) is 35.1 Å². The summed E-state index contributed by atoms with van der Waals surface area (Å²) in [7, 11) is 0. The van der Waals surface area contributed by atoms with Gasteiger partial charge >= 0.3 is 0 Å². The summed E-state index contributed by atoms with van der Waals surface area (Å²) in [4.78, 5) is 18.7. The number of pyridine rings is 1. The van der Waals surface area contributed by atoms with E-state index in [9.17, 15) is 4.79 Å². The minimum Gasteiger partial charge on any atom is -0.322 e. The highest BCUT2D eigenvalue weighted by Crippen LogP contribution is 2.35. The number of aromatic nitrogens is 5. The van der Waals surface area contributed by atoms with Crippen molar-refractivity contribution in [1.82, 2.24) is 30.1 Å². The predicted octanol–water partition coefficient (Wildman–Crippen LogP) is 5.65. The zero-order valence-corrected chi connectivity index (χ0v) is 21.7. The highest BCUT2D eigenvalue weighted by Gasteiger charge is 2.32. The Morgan fingerprint density at radius 3 is 2.47 bits per heavy atom. The summed E-state index contributed by atoms with van der Waals surface area (Å²) >= 11 is 0. The molecule has 0 amide bonds. The molecule has 1 atom stereocenters. The molecule has 2 aromatic carbocycles. The molecule has 36 heavy (non-hydrogen) atoms. The fraction of sp³-hybridized carbons (Fsp3) is 0.448. The van der Waals surface area contributed by atoms with Crippen LogP contribution < -0.4 is 5.56 Å². The molecule has 2 aromatic heterocycles. The first-order valence-corrected chi connectivity index (χ1v) is 13.1.